The molecule has 2 aromatic heterocycles. The number of aliphatic imine (C=N–C) groups is 1. The van der Waals surface area contributed by atoms with Crippen molar-refractivity contribution in [1.82, 2.24) is 25.4 Å². The topological polar surface area (TPSA) is 80.3 Å². The van der Waals surface area contributed by atoms with Gasteiger partial charge in [-0.1, -0.05) is 17.7 Å². The van der Waals surface area contributed by atoms with Crippen molar-refractivity contribution in [3.05, 3.63) is 58.7 Å². The predicted molar refractivity (Wildman–Crippen MR) is 116 cm³/mol. The Labute approximate surface area is 172 Å². The number of aryl methyl sites for hydroxylation is 3. The van der Waals surface area contributed by atoms with Gasteiger partial charge in [0.25, 0.3) is 0 Å². The first kappa shape index (κ1) is 20.6. The molecule has 0 unspecified atom stereocenters. The van der Waals surface area contributed by atoms with Gasteiger partial charge < -0.3 is 15.1 Å². The Morgan fingerprint density at radius 3 is 2.55 bits per heavy atom. The van der Waals surface area contributed by atoms with Gasteiger partial charge in [0.2, 0.25) is 5.89 Å². The zero-order valence-corrected chi connectivity index (χ0v) is 17.9. The molecule has 2 heterocycles. The maximum atomic E-state index is 5.62. The third kappa shape index (κ3) is 5.25. The summed E-state index contributed by atoms with van der Waals surface area (Å²) in [6.07, 6.45) is 2.57. The van der Waals surface area contributed by atoms with Crippen LogP contribution >= 0.6 is 0 Å². The second-order valence-electron chi connectivity index (χ2n) is 7.15. The van der Waals surface area contributed by atoms with Crippen LogP contribution in [0.15, 0.2) is 39.9 Å². The van der Waals surface area contributed by atoms with Crippen molar-refractivity contribution < 1.29 is 4.42 Å². The first-order chi connectivity index (χ1) is 14.0. The van der Waals surface area contributed by atoms with Gasteiger partial charge in [-0.25, -0.2) is 9.98 Å². The van der Waals surface area contributed by atoms with Gasteiger partial charge in [0.1, 0.15) is 12.0 Å². The average Bonchev–Trinajstić information content (AvgIpc) is 3.26. The lowest BCUT2D eigenvalue weighted by Crippen LogP contribution is -2.38. The molecule has 0 fully saturated rings. The quantitative estimate of drug-likeness (QED) is 0.475. The van der Waals surface area contributed by atoms with E-state index in [9.17, 15) is 0 Å². The van der Waals surface area contributed by atoms with Gasteiger partial charge in [-0.2, -0.15) is 5.10 Å². The number of nitrogens with zero attached hydrogens (tertiary/aromatic N) is 4. The highest BCUT2D eigenvalue weighted by Crippen LogP contribution is 2.19. The van der Waals surface area contributed by atoms with Crippen LogP contribution in [0.1, 0.15) is 35.1 Å². The van der Waals surface area contributed by atoms with Crippen LogP contribution in [-0.4, -0.2) is 33.8 Å². The van der Waals surface area contributed by atoms with Gasteiger partial charge in [-0.15, -0.1) is 0 Å². The molecule has 0 spiro atoms. The highest BCUT2D eigenvalue weighted by molar-refractivity contribution is 5.79. The first-order valence-corrected chi connectivity index (χ1v) is 10.0. The summed E-state index contributed by atoms with van der Waals surface area (Å²) in [7, 11) is 1.98. The minimum atomic E-state index is 0.454. The van der Waals surface area contributed by atoms with E-state index in [1.165, 1.54) is 16.8 Å². The Kier molecular flexibility index (Phi) is 6.69. The second kappa shape index (κ2) is 9.41. The second-order valence-corrected chi connectivity index (χ2v) is 7.15. The molecule has 0 aliphatic heterocycles. The summed E-state index contributed by atoms with van der Waals surface area (Å²) in [4.78, 5) is 9.19. The van der Waals surface area contributed by atoms with Crippen molar-refractivity contribution in [3.63, 3.8) is 0 Å². The molecule has 7 heteroatoms. The van der Waals surface area contributed by atoms with Crippen molar-refractivity contribution in [2.24, 2.45) is 12.0 Å². The largest absolute Gasteiger partial charge is 0.444 e. The van der Waals surface area contributed by atoms with E-state index < -0.39 is 0 Å². The van der Waals surface area contributed by atoms with Gasteiger partial charge in [0, 0.05) is 31.4 Å². The van der Waals surface area contributed by atoms with Crippen molar-refractivity contribution in [3.8, 4) is 11.5 Å². The maximum absolute atomic E-state index is 5.62. The Hall–Kier alpha value is -3.09. The van der Waals surface area contributed by atoms with Gasteiger partial charge in [0.05, 0.1) is 12.2 Å². The highest BCUT2D eigenvalue weighted by atomic mass is 16.3. The number of oxazole rings is 1. The van der Waals surface area contributed by atoms with E-state index in [0.717, 1.165) is 42.4 Å². The van der Waals surface area contributed by atoms with Crippen LogP contribution in [0, 0.1) is 20.8 Å². The minimum Gasteiger partial charge on any atom is -0.444 e. The molecule has 0 saturated carbocycles. The lowest BCUT2D eigenvalue weighted by Gasteiger charge is -2.11. The number of hydrogen-bond acceptors (Lipinski definition) is 4. The Balaban J connectivity index is 1.59. The molecule has 0 atom stereocenters. The molecule has 3 aromatic rings. The van der Waals surface area contributed by atoms with E-state index in [2.05, 4.69) is 65.5 Å². The van der Waals surface area contributed by atoms with Crippen LogP contribution in [0.3, 0.4) is 0 Å². The zero-order chi connectivity index (χ0) is 20.8. The van der Waals surface area contributed by atoms with E-state index in [1.807, 2.05) is 23.9 Å². The summed E-state index contributed by atoms with van der Waals surface area (Å²) in [5.74, 6) is 1.39. The van der Waals surface area contributed by atoms with E-state index in [0.29, 0.717) is 12.4 Å². The molecule has 0 bridgehead atoms. The fourth-order valence-electron chi connectivity index (χ4n) is 3.20. The van der Waals surface area contributed by atoms with Crippen LogP contribution in [0.2, 0.25) is 0 Å². The van der Waals surface area contributed by atoms with Crippen LogP contribution in [0.4, 0.5) is 0 Å². The van der Waals surface area contributed by atoms with Crippen LogP contribution in [-0.2, 0) is 20.0 Å². The molecule has 154 valence electrons. The smallest absolute Gasteiger partial charge is 0.226 e. The van der Waals surface area contributed by atoms with Gasteiger partial charge in [-0.3, -0.25) is 4.68 Å². The summed E-state index contributed by atoms with van der Waals surface area (Å²) >= 11 is 0. The monoisotopic (exact) mass is 394 g/mol. The molecule has 1 aromatic carbocycles. The fraction of sp³-hybridized carbons (Fsp3) is 0.409. The lowest BCUT2D eigenvalue weighted by molar-refractivity contribution is 0.572. The van der Waals surface area contributed by atoms with E-state index in [1.54, 1.807) is 6.26 Å². The first-order valence-electron chi connectivity index (χ1n) is 10.0. The lowest BCUT2D eigenvalue weighted by atomic mass is 10.1. The molecule has 7 nitrogen and oxygen atoms in total. The number of benzene rings is 1. The van der Waals surface area contributed by atoms with Crippen molar-refractivity contribution in [2.45, 2.75) is 40.7 Å². The Morgan fingerprint density at radius 2 is 1.90 bits per heavy atom. The fourth-order valence-corrected chi connectivity index (χ4v) is 3.20. The SMILES string of the molecule is CCNC(=NCc1coc(-c2ccc(C)cc2)n1)NCCc1c(C)nn(C)c1C. The number of hydrogen-bond donors (Lipinski definition) is 2. The van der Waals surface area contributed by atoms with E-state index in [4.69, 9.17) is 4.42 Å². The summed E-state index contributed by atoms with van der Waals surface area (Å²) in [6, 6.07) is 8.14. The summed E-state index contributed by atoms with van der Waals surface area (Å²) in [5.41, 5.74) is 6.56. The molecular formula is C22H30N6O. The standard InChI is InChI=1S/C22H30N6O/c1-6-23-22(24-12-11-20-16(3)27-28(5)17(20)4)25-13-19-14-29-21(26-19)18-9-7-15(2)8-10-18/h7-10,14H,6,11-13H2,1-5H3,(H2,23,24,25). The third-order valence-electron chi connectivity index (χ3n) is 4.92. The van der Waals surface area contributed by atoms with Crippen molar-refractivity contribution in [1.29, 1.82) is 0 Å². The Bertz CT molecular complexity index is 968. The molecule has 0 saturated heterocycles. The van der Waals surface area contributed by atoms with Gasteiger partial charge in [-0.05, 0) is 51.8 Å². The maximum Gasteiger partial charge on any atom is 0.226 e. The van der Waals surface area contributed by atoms with Crippen LogP contribution in [0.5, 0.6) is 0 Å². The van der Waals surface area contributed by atoms with Crippen molar-refractivity contribution >= 4 is 5.96 Å². The Morgan fingerprint density at radius 1 is 1.14 bits per heavy atom. The average molecular weight is 395 g/mol. The molecule has 0 amide bonds. The zero-order valence-electron chi connectivity index (χ0n) is 17.9. The van der Waals surface area contributed by atoms with Crippen LogP contribution in [0.25, 0.3) is 11.5 Å². The normalized spacial score (nSPS) is 11.7. The third-order valence-corrected chi connectivity index (χ3v) is 4.92. The highest BCUT2D eigenvalue weighted by Gasteiger charge is 2.10. The molecule has 0 aliphatic carbocycles. The predicted octanol–water partition coefficient (Wildman–Crippen LogP) is 3.30. The molecule has 29 heavy (non-hydrogen) atoms. The van der Waals surface area contributed by atoms with E-state index in [-0.39, 0.29) is 0 Å². The summed E-state index contributed by atoms with van der Waals surface area (Å²) in [6.45, 7) is 10.3. The molecule has 2 N–H and O–H groups in total. The number of nitrogens with one attached hydrogen (secondary N) is 2. The van der Waals surface area contributed by atoms with Crippen LogP contribution < -0.4 is 10.6 Å². The number of rotatable bonds is 7. The molecular weight excluding hydrogens is 364 g/mol. The molecule has 3 rings (SSSR count). The minimum absolute atomic E-state index is 0.454. The summed E-state index contributed by atoms with van der Waals surface area (Å²) < 4.78 is 7.55. The number of aromatic nitrogens is 3. The molecule has 0 aliphatic rings. The van der Waals surface area contributed by atoms with Crippen molar-refractivity contribution in [2.75, 3.05) is 13.1 Å². The molecule has 0 radical (unpaired) electrons. The van der Waals surface area contributed by atoms with Gasteiger partial charge in [0.15, 0.2) is 5.96 Å². The van der Waals surface area contributed by atoms with Gasteiger partial charge >= 0.3 is 0 Å². The number of guanidine groups is 1. The van der Waals surface area contributed by atoms with E-state index >= 15 is 0 Å². The summed E-state index contributed by atoms with van der Waals surface area (Å²) in [5, 5.41) is 11.1.